The van der Waals surface area contributed by atoms with Crippen LogP contribution in [-0.4, -0.2) is 39.5 Å². The largest absolute Gasteiger partial charge is 0.609 e. The van der Waals surface area contributed by atoms with Crippen LogP contribution in [0.5, 0.6) is 5.75 Å². The molecule has 0 radical (unpaired) electrons. The average molecular weight is 439 g/mol. The second kappa shape index (κ2) is 9.13. The second-order valence-electron chi connectivity index (χ2n) is 6.81. The number of nitrogens with zero attached hydrogens (tertiary/aromatic N) is 4. The van der Waals surface area contributed by atoms with Gasteiger partial charge in [0.25, 0.3) is 0 Å². The maximum Gasteiger partial charge on any atom is 0.344 e. The van der Waals surface area contributed by atoms with Crippen molar-refractivity contribution in [3.05, 3.63) is 35.5 Å². The van der Waals surface area contributed by atoms with Crippen molar-refractivity contribution in [1.29, 1.82) is 0 Å². The van der Waals surface area contributed by atoms with Crippen LogP contribution in [0.1, 0.15) is 39.2 Å². The summed E-state index contributed by atoms with van der Waals surface area (Å²) in [5, 5.41) is 0.0988. The molecule has 1 aliphatic heterocycles. The van der Waals surface area contributed by atoms with Gasteiger partial charge in [0.2, 0.25) is 0 Å². The van der Waals surface area contributed by atoms with E-state index in [-0.39, 0.29) is 30.1 Å². The van der Waals surface area contributed by atoms with Crippen LogP contribution in [0.3, 0.4) is 0 Å². The molecular weight excluding hydrogens is 414 g/mol. The van der Waals surface area contributed by atoms with Crippen molar-refractivity contribution in [3.8, 4) is 5.75 Å². The van der Waals surface area contributed by atoms with Crippen molar-refractivity contribution in [1.82, 2.24) is 9.97 Å². The van der Waals surface area contributed by atoms with E-state index >= 15 is 4.39 Å². The molecule has 0 N–H and O–H groups in total. The molecule has 2 heterocycles. The summed E-state index contributed by atoms with van der Waals surface area (Å²) < 4.78 is 46.9. The first-order valence-corrected chi connectivity index (χ1v) is 11.3. The highest BCUT2D eigenvalue weighted by atomic mass is 32.2. The van der Waals surface area contributed by atoms with Crippen molar-refractivity contribution >= 4 is 28.7 Å². The normalized spacial score (nSPS) is 14.9. The van der Waals surface area contributed by atoms with Crippen LogP contribution in [-0.2, 0) is 17.7 Å². The highest BCUT2D eigenvalue weighted by molar-refractivity contribution is 7.90. The SMILES string of the molecule is CCOc1ccc(F)c(N2Cc3cnc([S+](C)[O-])nc3N(C(CC)CC)C2=O)c1F. The summed E-state index contributed by atoms with van der Waals surface area (Å²) in [5.74, 6) is -1.61. The van der Waals surface area contributed by atoms with E-state index in [0.717, 1.165) is 11.0 Å². The number of carbonyl (C=O) groups excluding carboxylic acids is 1. The predicted molar refractivity (Wildman–Crippen MR) is 110 cm³/mol. The Morgan fingerprint density at radius 3 is 2.57 bits per heavy atom. The third-order valence-electron chi connectivity index (χ3n) is 4.98. The second-order valence-corrected chi connectivity index (χ2v) is 8.08. The van der Waals surface area contributed by atoms with Gasteiger partial charge in [0, 0.05) is 29.0 Å². The Hall–Kier alpha value is -2.46. The van der Waals surface area contributed by atoms with E-state index in [2.05, 4.69) is 9.97 Å². The summed E-state index contributed by atoms with van der Waals surface area (Å²) in [7, 11) is 0. The smallest absolute Gasteiger partial charge is 0.344 e. The van der Waals surface area contributed by atoms with Gasteiger partial charge in [0.05, 0.1) is 13.2 Å². The fourth-order valence-electron chi connectivity index (χ4n) is 3.49. The third-order valence-corrected chi connectivity index (χ3v) is 5.69. The first-order valence-electron chi connectivity index (χ1n) is 9.74. The van der Waals surface area contributed by atoms with Crippen LogP contribution in [0, 0.1) is 11.6 Å². The van der Waals surface area contributed by atoms with Gasteiger partial charge in [0.15, 0.2) is 17.4 Å². The highest BCUT2D eigenvalue weighted by Gasteiger charge is 2.39. The number of anilines is 2. The van der Waals surface area contributed by atoms with E-state index < -0.39 is 34.5 Å². The number of rotatable bonds is 7. The van der Waals surface area contributed by atoms with Crippen LogP contribution in [0.25, 0.3) is 0 Å². The molecule has 0 saturated carbocycles. The zero-order valence-electron chi connectivity index (χ0n) is 17.3. The monoisotopic (exact) mass is 438 g/mol. The molecule has 1 aromatic carbocycles. The minimum atomic E-state index is -1.44. The fourth-order valence-corrected chi connectivity index (χ4v) is 3.91. The highest BCUT2D eigenvalue weighted by Crippen LogP contribution is 2.37. The Bertz CT molecular complexity index is 941. The lowest BCUT2D eigenvalue weighted by molar-refractivity contribution is 0.246. The van der Waals surface area contributed by atoms with Gasteiger partial charge in [-0.05, 0) is 31.9 Å². The predicted octanol–water partition coefficient (Wildman–Crippen LogP) is 4.03. The molecule has 0 saturated heterocycles. The standard InChI is InChI=1S/C20H24F2N4O3S/c1-5-13(6-2)26-18-12(10-23-19(24-18)30(4)28)11-25(20(26)27)17-14(21)8-9-15(16(17)22)29-7-3/h8-10,13H,5-7,11H2,1-4H3. The number of ether oxygens (including phenoxy) is 1. The lowest BCUT2D eigenvalue weighted by Gasteiger charge is -2.39. The summed E-state index contributed by atoms with van der Waals surface area (Å²) in [6.45, 7) is 5.59. The number of halogens is 2. The molecule has 7 nitrogen and oxygen atoms in total. The molecule has 0 bridgehead atoms. The minimum Gasteiger partial charge on any atom is -0.609 e. The Kier molecular flexibility index (Phi) is 6.77. The molecule has 1 unspecified atom stereocenters. The van der Waals surface area contributed by atoms with Crippen molar-refractivity contribution in [2.45, 2.75) is 51.4 Å². The molecule has 162 valence electrons. The molecule has 30 heavy (non-hydrogen) atoms. The summed E-state index contributed by atoms with van der Waals surface area (Å²) >= 11 is -1.44. The van der Waals surface area contributed by atoms with E-state index in [9.17, 15) is 13.7 Å². The van der Waals surface area contributed by atoms with Crippen molar-refractivity contribution < 1.29 is 22.9 Å². The number of hydrogen-bond acceptors (Lipinski definition) is 5. The molecule has 0 aliphatic carbocycles. The molecule has 2 amide bonds. The summed E-state index contributed by atoms with van der Waals surface area (Å²) in [6, 6.07) is 1.42. The third kappa shape index (κ3) is 3.93. The topological polar surface area (TPSA) is 81.6 Å². The van der Waals surface area contributed by atoms with Crippen molar-refractivity contribution in [2.24, 2.45) is 0 Å². The fraction of sp³-hybridized carbons (Fsp3) is 0.450. The zero-order chi connectivity index (χ0) is 22.0. The molecule has 3 rings (SSSR count). The number of benzene rings is 1. The molecule has 1 atom stereocenters. The van der Waals surface area contributed by atoms with Crippen LogP contribution in [0.2, 0.25) is 0 Å². The van der Waals surface area contributed by atoms with E-state index in [0.29, 0.717) is 24.2 Å². The van der Waals surface area contributed by atoms with E-state index in [1.807, 2.05) is 13.8 Å². The number of fused-ring (bicyclic) bond motifs is 1. The summed E-state index contributed by atoms with van der Waals surface area (Å²) in [6.07, 6.45) is 4.11. The number of hydrogen-bond donors (Lipinski definition) is 0. The molecular formula is C20H24F2N4O3S. The molecule has 10 heteroatoms. The molecule has 1 aliphatic rings. The number of urea groups is 1. The summed E-state index contributed by atoms with van der Waals surface area (Å²) in [4.78, 5) is 24.3. The van der Waals surface area contributed by atoms with E-state index in [1.165, 1.54) is 23.4 Å². The van der Waals surface area contributed by atoms with Crippen LogP contribution in [0.4, 0.5) is 25.1 Å². The van der Waals surface area contributed by atoms with Crippen LogP contribution in [0.15, 0.2) is 23.5 Å². The minimum absolute atomic E-state index is 0.0988. The number of amides is 2. The van der Waals surface area contributed by atoms with Crippen LogP contribution >= 0.6 is 0 Å². The number of carbonyl (C=O) groups is 1. The van der Waals surface area contributed by atoms with Crippen molar-refractivity contribution in [3.63, 3.8) is 0 Å². The first kappa shape index (κ1) is 22.2. The van der Waals surface area contributed by atoms with Gasteiger partial charge in [-0.3, -0.25) is 9.80 Å². The number of aromatic nitrogens is 2. The lowest BCUT2D eigenvalue weighted by Crippen LogP contribution is -2.52. The zero-order valence-corrected chi connectivity index (χ0v) is 18.1. The van der Waals surface area contributed by atoms with Gasteiger partial charge in [-0.15, -0.1) is 0 Å². The Morgan fingerprint density at radius 1 is 1.27 bits per heavy atom. The quantitative estimate of drug-likeness (QED) is 0.482. The van der Waals surface area contributed by atoms with Crippen LogP contribution < -0.4 is 14.5 Å². The molecule has 0 fully saturated rings. The van der Waals surface area contributed by atoms with Gasteiger partial charge < -0.3 is 9.29 Å². The van der Waals surface area contributed by atoms with Gasteiger partial charge in [-0.25, -0.2) is 13.6 Å². The van der Waals surface area contributed by atoms with Gasteiger partial charge in [-0.2, -0.15) is 9.97 Å². The first-order chi connectivity index (χ1) is 14.3. The van der Waals surface area contributed by atoms with Gasteiger partial charge in [-0.1, -0.05) is 13.8 Å². The maximum atomic E-state index is 15.1. The Morgan fingerprint density at radius 2 is 1.97 bits per heavy atom. The molecule has 1 aromatic heterocycles. The summed E-state index contributed by atoms with van der Waals surface area (Å²) in [5.41, 5.74) is 0.0343. The molecule has 0 spiro atoms. The van der Waals surface area contributed by atoms with E-state index in [1.54, 1.807) is 6.92 Å². The Labute approximate surface area is 177 Å². The van der Waals surface area contributed by atoms with E-state index in [4.69, 9.17) is 4.74 Å². The van der Waals surface area contributed by atoms with Crippen molar-refractivity contribution in [2.75, 3.05) is 22.7 Å². The Balaban J connectivity index is 2.16. The maximum absolute atomic E-state index is 15.1. The van der Waals surface area contributed by atoms with Gasteiger partial charge >= 0.3 is 11.2 Å². The lowest BCUT2D eigenvalue weighted by atomic mass is 10.1. The molecule has 2 aromatic rings. The average Bonchev–Trinajstić information content (AvgIpc) is 2.72. The van der Waals surface area contributed by atoms with Gasteiger partial charge in [0.1, 0.15) is 17.8 Å².